The molecule has 8 nitrogen and oxygen atoms in total. The molecule has 2 aromatic rings. The Labute approximate surface area is 186 Å². The Morgan fingerprint density at radius 3 is 2.81 bits per heavy atom. The fourth-order valence-corrected chi connectivity index (χ4v) is 4.25. The van der Waals surface area contributed by atoms with Crippen molar-refractivity contribution in [1.82, 2.24) is 10.2 Å². The van der Waals surface area contributed by atoms with Gasteiger partial charge in [-0.2, -0.15) is 0 Å². The summed E-state index contributed by atoms with van der Waals surface area (Å²) in [5.41, 5.74) is 1.19. The number of fused-ring (bicyclic) bond motifs is 2. The molecular weight excluding hydrogens is 410 g/mol. The molecule has 1 fully saturated rings. The SMILES string of the molecule is CCCCOc1ccc(OC)cc1NC(=O)CN1C(=O)NC2(CCc3ccccc32)C1=O. The first kappa shape index (κ1) is 21.7. The van der Waals surface area contributed by atoms with Crippen LogP contribution in [0.2, 0.25) is 0 Å². The lowest BCUT2D eigenvalue weighted by atomic mass is 9.92. The van der Waals surface area contributed by atoms with Crippen molar-refractivity contribution in [2.45, 2.75) is 38.1 Å². The summed E-state index contributed by atoms with van der Waals surface area (Å²) in [6, 6.07) is 12.1. The van der Waals surface area contributed by atoms with Crippen LogP contribution in [0.1, 0.15) is 37.3 Å². The van der Waals surface area contributed by atoms with Crippen molar-refractivity contribution in [2.75, 3.05) is 25.6 Å². The lowest BCUT2D eigenvalue weighted by Gasteiger charge is -2.22. The van der Waals surface area contributed by atoms with Gasteiger partial charge in [0.05, 0.1) is 19.4 Å². The van der Waals surface area contributed by atoms with E-state index in [0.717, 1.165) is 28.9 Å². The van der Waals surface area contributed by atoms with Crippen LogP contribution in [0.5, 0.6) is 11.5 Å². The van der Waals surface area contributed by atoms with Gasteiger partial charge in [0.15, 0.2) is 0 Å². The van der Waals surface area contributed by atoms with Crippen LogP contribution in [0.25, 0.3) is 0 Å². The van der Waals surface area contributed by atoms with Crippen molar-refractivity contribution in [2.24, 2.45) is 0 Å². The number of carbonyl (C=O) groups is 3. The van der Waals surface area contributed by atoms with E-state index in [9.17, 15) is 14.4 Å². The van der Waals surface area contributed by atoms with Crippen molar-refractivity contribution in [3.05, 3.63) is 53.6 Å². The van der Waals surface area contributed by atoms with Gasteiger partial charge in [-0.1, -0.05) is 37.6 Å². The molecule has 2 N–H and O–H groups in total. The molecule has 8 heteroatoms. The molecule has 1 spiro atoms. The lowest BCUT2D eigenvalue weighted by Crippen LogP contribution is -2.43. The van der Waals surface area contributed by atoms with Crippen LogP contribution in [0.4, 0.5) is 10.5 Å². The Morgan fingerprint density at radius 1 is 1.22 bits per heavy atom. The zero-order valence-corrected chi connectivity index (χ0v) is 18.3. The maximum Gasteiger partial charge on any atom is 0.325 e. The van der Waals surface area contributed by atoms with Crippen LogP contribution >= 0.6 is 0 Å². The number of nitrogens with zero attached hydrogens (tertiary/aromatic N) is 1. The fraction of sp³-hybridized carbons (Fsp3) is 0.375. The van der Waals surface area contributed by atoms with E-state index < -0.39 is 23.4 Å². The number of hydrogen-bond acceptors (Lipinski definition) is 5. The van der Waals surface area contributed by atoms with Gasteiger partial charge >= 0.3 is 6.03 Å². The molecule has 4 amide bonds. The highest BCUT2D eigenvalue weighted by Crippen LogP contribution is 2.41. The number of ether oxygens (including phenoxy) is 2. The maximum atomic E-state index is 13.3. The molecular formula is C24H27N3O5. The first-order chi connectivity index (χ1) is 15.5. The molecule has 32 heavy (non-hydrogen) atoms. The molecule has 1 atom stereocenters. The van der Waals surface area contributed by atoms with Gasteiger partial charge in [0.25, 0.3) is 5.91 Å². The second kappa shape index (κ2) is 8.90. The Morgan fingerprint density at radius 2 is 2.03 bits per heavy atom. The monoisotopic (exact) mass is 437 g/mol. The topological polar surface area (TPSA) is 97.0 Å². The number of benzene rings is 2. The largest absolute Gasteiger partial charge is 0.497 e. The third-order valence-electron chi connectivity index (χ3n) is 5.94. The van der Waals surface area contributed by atoms with Gasteiger partial charge in [0, 0.05) is 6.07 Å². The predicted molar refractivity (Wildman–Crippen MR) is 119 cm³/mol. The van der Waals surface area contributed by atoms with Gasteiger partial charge in [-0.25, -0.2) is 4.79 Å². The van der Waals surface area contributed by atoms with Crippen molar-refractivity contribution >= 4 is 23.5 Å². The first-order valence-electron chi connectivity index (χ1n) is 10.8. The number of unbranched alkanes of at least 4 members (excludes halogenated alkanes) is 1. The van der Waals surface area contributed by atoms with Crippen molar-refractivity contribution < 1.29 is 23.9 Å². The number of nitrogens with one attached hydrogen (secondary N) is 2. The Bertz CT molecular complexity index is 1050. The minimum atomic E-state index is -1.08. The van der Waals surface area contributed by atoms with Gasteiger partial charge in [0.1, 0.15) is 23.6 Å². The summed E-state index contributed by atoms with van der Waals surface area (Å²) in [5, 5.41) is 5.59. The average molecular weight is 437 g/mol. The lowest BCUT2D eigenvalue weighted by molar-refractivity contribution is -0.134. The maximum absolute atomic E-state index is 13.3. The van der Waals surface area contributed by atoms with E-state index in [1.54, 1.807) is 18.2 Å². The smallest absolute Gasteiger partial charge is 0.325 e. The molecule has 2 aliphatic rings. The number of hydrogen-bond donors (Lipinski definition) is 2. The number of carbonyl (C=O) groups excluding carboxylic acids is 3. The number of amides is 4. The Balaban J connectivity index is 1.49. The first-order valence-corrected chi connectivity index (χ1v) is 10.8. The van der Waals surface area contributed by atoms with Crippen molar-refractivity contribution in [3.63, 3.8) is 0 Å². The van der Waals surface area contributed by atoms with Crippen LogP contribution in [0, 0.1) is 0 Å². The molecule has 1 heterocycles. The van der Waals surface area contributed by atoms with Crippen LogP contribution in [0.15, 0.2) is 42.5 Å². The van der Waals surface area contributed by atoms with Gasteiger partial charge in [-0.3, -0.25) is 14.5 Å². The molecule has 0 saturated carbocycles. The van der Waals surface area contributed by atoms with E-state index >= 15 is 0 Å². The number of methoxy groups -OCH3 is 1. The molecule has 0 aromatic heterocycles. The van der Waals surface area contributed by atoms with Gasteiger partial charge < -0.3 is 20.1 Å². The Hall–Kier alpha value is -3.55. The molecule has 4 rings (SSSR count). The molecule has 1 aliphatic heterocycles. The molecule has 1 aliphatic carbocycles. The highest BCUT2D eigenvalue weighted by Gasteiger charge is 2.55. The van der Waals surface area contributed by atoms with Crippen LogP contribution in [0.3, 0.4) is 0 Å². The van der Waals surface area contributed by atoms with E-state index in [4.69, 9.17) is 9.47 Å². The van der Waals surface area contributed by atoms with Gasteiger partial charge in [0.2, 0.25) is 5.91 Å². The number of aryl methyl sites for hydroxylation is 1. The van der Waals surface area contributed by atoms with Crippen LogP contribution in [-0.2, 0) is 21.5 Å². The molecule has 0 radical (unpaired) electrons. The quantitative estimate of drug-likeness (QED) is 0.488. The van der Waals surface area contributed by atoms with Gasteiger partial charge in [-0.05, 0) is 42.5 Å². The molecule has 2 aromatic carbocycles. The minimum Gasteiger partial charge on any atom is -0.497 e. The molecule has 1 saturated heterocycles. The summed E-state index contributed by atoms with van der Waals surface area (Å²) in [4.78, 5) is 39.7. The second-order valence-corrected chi connectivity index (χ2v) is 8.00. The summed E-state index contributed by atoms with van der Waals surface area (Å²) in [6.45, 7) is 2.19. The normalized spacial score (nSPS) is 19.1. The van der Waals surface area contributed by atoms with Gasteiger partial charge in [-0.15, -0.1) is 0 Å². The number of anilines is 1. The highest BCUT2D eigenvalue weighted by molar-refractivity contribution is 6.11. The van der Waals surface area contributed by atoms with Crippen LogP contribution < -0.4 is 20.1 Å². The summed E-state index contributed by atoms with van der Waals surface area (Å²) < 4.78 is 11.0. The fourth-order valence-electron chi connectivity index (χ4n) is 4.25. The zero-order chi connectivity index (χ0) is 22.7. The standard InChI is InChI=1S/C24H27N3O5/c1-3-4-13-32-20-10-9-17(31-2)14-19(20)25-21(28)15-27-22(29)24(26-23(27)30)12-11-16-7-5-6-8-18(16)24/h5-10,14H,3-4,11-13,15H2,1-2H3,(H,25,28)(H,26,30). The highest BCUT2D eigenvalue weighted by atomic mass is 16.5. The number of imide groups is 1. The molecule has 1 unspecified atom stereocenters. The van der Waals surface area contributed by atoms with E-state index in [2.05, 4.69) is 17.6 Å². The third kappa shape index (κ3) is 3.88. The van der Waals surface area contributed by atoms with E-state index in [-0.39, 0.29) is 6.54 Å². The van der Waals surface area contributed by atoms with E-state index in [1.165, 1.54) is 7.11 Å². The predicted octanol–water partition coefficient (Wildman–Crippen LogP) is 3.21. The summed E-state index contributed by atoms with van der Waals surface area (Å²) in [7, 11) is 1.53. The molecule has 168 valence electrons. The second-order valence-electron chi connectivity index (χ2n) is 8.00. The third-order valence-corrected chi connectivity index (χ3v) is 5.94. The minimum absolute atomic E-state index is 0.389. The number of rotatable bonds is 8. The van der Waals surface area contributed by atoms with Crippen molar-refractivity contribution in [1.29, 1.82) is 0 Å². The Kier molecular flexibility index (Phi) is 6.03. The number of urea groups is 1. The summed E-state index contributed by atoms with van der Waals surface area (Å²) >= 11 is 0. The summed E-state index contributed by atoms with van der Waals surface area (Å²) in [6.07, 6.45) is 3.05. The van der Waals surface area contributed by atoms with E-state index in [0.29, 0.717) is 36.6 Å². The van der Waals surface area contributed by atoms with Crippen LogP contribution in [-0.4, -0.2) is 43.0 Å². The van der Waals surface area contributed by atoms with Crippen molar-refractivity contribution in [3.8, 4) is 11.5 Å². The average Bonchev–Trinajstić information content (AvgIpc) is 3.28. The summed E-state index contributed by atoms with van der Waals surface area (Å²) in [5.74, 6) is 0.170. The zero-order valence-electron chi connectivity index (χ0n) is 18.3. The molecule has 0 bridgehead atoms. The van der Waals surface area contributed by atoms with E-state index in [1.807, 2.05) is 24.3 Å².